The normalized spacial score (nSPS) is 13.2. The van der Waals surface area contributed by atoms with Gasteiger partial charge in [-0.2, -0.15) is 21.5 Å². The van der Waals surface area contributed by atoms with Crippen molar-refractivity contribution >= 4 is 50.1 Å². The molecular formula is C65H93N5O10S5. The van der Waals surface area contributed by atoms with Crippen LogP contribution in [0.2, 0.25) is 0 Å². The van der Waals surface area contributed by atoms with Crippen molar-refractivity contribution in [1.82, 2.24) is 21.5 Å². The summed E-state index contributed by atoms with van der Waals surface area (Å²) in [6.07, 6.45) is 7.84. The lowest BCUT2D eigenvalue weighted by molar-refractivity contribution is 0.359. The molecule has 0 heterocycles. The van der Waals surface area contributed by atoms with Gasteiger partial charge in [0.1, 0.15) is 0 Å². The maximum atomic E-state index is 14.9. The van der Waals surface area contributed by atoms with Crippen LogP contribution >= 0.6 is 0 Å². The Hall–Kier alpha value is -4.87. The van der Waals surface area contributed by atoms with Gasteiger partial charge >= 0.3 is 0 Å². The minimum absolute atomic E-state index is 0.00203. The first-order valence-electron chi connectivity index (χ1n) is 29.2. The van der Waals surface area contributed by atoms with Gasteiger partial charge in [0.2, 0.25) is 50.1 Å². The summed E-state index contributed by atoms with van der Waals surface area (Å²) in [5.74, 6) is 0. The van der Waals surface area contributed by atoms with Crippen LogP contribution in [0.1, 0.15) is 123 Å². The van der Waals surface area contributed by atoms with Crippen molar-refractivity contribution < 1.29 is 42.1 Å². The van der Waals surface area contributed by atoms with Crippen LogP contribution in [-0.4, -0.2) is 129 Å². The number of hydrogen-bond acceptors (Lipinski definition) is 10. The SMILES string of the molecule is CCN(C/C=C\CN(C/C=C\CN(CCCCN(CCCCN(CC)S(=O)(=O)c1c(C)cc(C)cc1C)S(=O)(=O)c1c(C)cc(C)cc1C)S(=O)(=O)c1c(C)cc(C)cc1C)S(=O)(=O)c1c(C)cc(C)cc1C)S(=O)(=O)c1c(C)cc(C)cc1C. The van der Waals surface area contributed by atoms with Crippen LogP contribution in [0.15, 0.2) is 109 Å². The molecule has 0 radical (unpaired) electrons. The van der Waals surface area contributed by atoms with Crippen LogP contribution in [0.3, 0.4) is 0 Å². The van der Waals surface area contributed by atoms with Gasteiger partial charge in [-0.05, 0) is 185 Å². The number of benzene rings is 5. The summed E-state index contributed by atoms with van der Waals surface area (Å²) < 4.78 is 152. The highest BCUT2D eigenvalue weighted by Gasteiger charge is 2.33. The summed E-state index contributed by atoms with van der Waals surface area (Å²) >= 11 is 0. The second kappa shape index (κ2) is 29.4. The van der Waals surface area contributed by atoms with Crippen LogP contribution in [0.25, 0.3) is 0 Å². The van der Waals surface area contributed by atoms with Crippen molar-refractivity contribution in [3.05, 3.63) is 168 Å². The standard InChI is InChI=1S/C65H93N5O10S5/c1-18-66(81(71,72)61-51(8)36-46(3)37-52(61)9)28-20-22-30-68(83(75,76)63-55(12)40-48(5)41-56(63)13)32-24-26-34-70(85(79,80)65-59(16)44-50(7)45-60(65)17)35-27-25-33-69(84(77,78)64-57(14)42-49(6)43-58(64)15)31-23-21-29-67(19-2)82(73,74)62-53(10)38-47(4)39-54(62)11/h20,22,24,26,36-45H,18-19,21,23,25,27-35H2,1-17H3/b22-20-,26-24-. The third kappa shape index (κ3) is 16.9. The number of likely N-dealkylation sites (N-methyl/N-ethyl adjacent to an activating group) is 1. The Labute approximate surface area is 512 Å². The van der Waals surface area contributed by atoms with E-state index in [4.69, 9.17) is 0 Å². The van der Waals surface area contributed by atoms with Crippen molar-refractivity contribution in [2.45, 2.75) is 168 Å². The van der Waals surface area contributed by atoms with Crippen LogP contribution in [0, 0.1) is 104 Å². The van der Waals surface area contributed by atoms with E-state index in [0.29, 0.717) is 68.5 Å². The highest BCUT2D eigenvalue weighted by molar-refractivity contribution is 7.90. The molecule has 15 nitrogen and oxygen atoms in total. The van der Waals surface area contributed by atoms with E-state index >= 15 is 0 Å². The van der Waals surface area contributed by atoms with Gasteiger partial charge in [0.25, 0.3) is 0 Å². The van der Waals surface area contributed by atoms with E-state index < -0.39 is 50.1 Å². The molecule has 468 valence electrons. The van der Waals surface area contributed by atoms with Gasteiger partial charge in [0.05, 0.1) is 24.5 Å². The topological polar surface area (TPSA) is 187 Å². The number of rotatable bonds is 30. The second-order valence-corrected chi connectivity index (χ2v) is 32.4. The van der Waals surface area contributed by atoms with Gasteiger partial charge in [-0.3, -0.25) is 0 Å². The highest BCUT2D eigenvalue weighted by atomic mass is 32.2. The molecule has 0 spiro atoms. The van der Waals surface area contributed by atoms with Gasteiger partial charge in [0.15, 0.2) is 0 Å². The van der Waals surface area contributed by atoms with Gasteiger partial charge in [-0.25, -0.2) is 42.1 Å². The summed E-state index contributed by atoms with van der Waals surface area (Å²) in [6, 6.07) is 18.3. The Bertz CT molecular complexity index is 3780. The lowest BCUT2D eigenvalue weighted by Gasteiger charge is -2.27. The summed E-state index contributed by atoms with van der Waals surface area (Å²) in [6.45, 7) is 31.1. The van der Waals surface area contributed by atoms with Gasteiger partial charge in [0, 0.05) is 65.4 Å². The maximum Gasteiger partial charge on any atom is 0.244 e. The van der Waals surface area contributed by atoms with Crippen molar-refractivity contribution in [2.75, 3.05) is 65.4 Å². The molecule has 0 aliphatic rings. The molecule has 0 aliphatic carbocycles. The molecule has 0 atom stereocenters. The molecular weight excluding hydrogens is 1170 g/mol. The van der Waals surface area contributed by atoms with Crippen molar-refractivity contribution in [3.63, 3.8) is 0 Å². The number of unbranched alkanes of at least 4 members (excludes halogenated alkanes) is 2. The number of aryl methyl sites for hydroxylation is 15. The zero-order valence-corrected chi connectivity index (χ0v) is 57.4. The number of hydrogen-bond donors (Lipinski definition) is 0. The predicted molar refractivity (Wildman–Crippen MR) is 345 cm³/mol. The zero-order valence-electron chi connectivity index (χ0n) is 53.3. The highest BCUT2D eigenvalue weighted by Crippen LogP contribution is 2.31. The van der Waals surface area contributed by atoms with E-state index in [1.807, 2.05) is 95.3 Å². The van der Waals surface area contributed by atoms with E-state index in [1.165, 1.54) is 21.5 Å². The average molecular weight is 1260 g/mol. The molecule has 0 aliphatic heterocycles. The summed E-state index contributed by atoms with van der Waals surface area (Å²) in [4.78, 5) is 1.05. The van der Waals surface area contributed by atoms with Crippen molar-refractivity contribution in [1.29, 1.82) is 0 Å². The quantitative estimate of drug-likeness (QED) is 0.0316. The van der Waals surface area contributed by atoms with E-state index in [9.17, 15) is 42.1 Å². The number of nitrogens with zero attached hydrogens (tertiary/aromatic N) is 5. The van der Waals surface area contributed by atoms with Crippen molar-refractivity contribution in [2.24, 2.45) is 0 Å². The third-order valence-electron chi connectivity index (χ3n) is 15.4. The smallest absolute Gasteiger partial charge is 0.207 e. The Morgan fingerprint density at radius 3 is 0.694 bits per heavy atom. The fourth-order valence-electron chi connectivity index (χ4n) is 12.2. The molecule has 5 aromatic carbocycles. The van der Waals surface area contributed by atoms with E-state index in [0.717, 1.165) is 27.8 Å². The van der Waals surface area contributed by atoms with Crippen molar-refractivity contribution in [3.8, 4) is 0 Å². The first-order valence-corrected chi connectivity index (χ1v) is 36.5. The second-order valence-electron chi connectivity index (χ2n) is 23.0. The fraction of sp³-hybridized carbons (Fsp3) is 0.477. The largest absolute Gasteiger partial charge is 0.244 e. The van der Waals surface area contributed by atoms with E-state index in [1.54, 1.807) is 107 Å². The van der Waals surface area contributed by atoms with Gasteiger partial charge in [-0.1, -0.05) is 127 Å². The molecule has 0 aromatic heterocycles. The van der Waals surface area contributed by atoms with E-state index in [-0.39, 0.29) is 103 Å². The molecule has 0 N–H and O–H groups in total. The maximum absolute atomic E-state index is 14.9. The molecule has 0 unspecified atom stereocenters. The molecule has 0 saturated heterocycles. The Kier molecular flexibility index (Phi) is 24.5. The molecule has 0 bridgehead atoms. The van der Waals surface area contributed by atoms with Crippen LogP contribution in [0.5, 0.6) is 0 Å². The monoisotopic (exact) mass is 1260 g/mol. The van der Waals surface area contributed by atoms with Crippen LogP contribution in [0.4, 0.5) is 0 Å². The van der Waals surface area contributed by atoms with Crippen LogP contribution < -0.4 is 0 Å². The van der Waals surface area contributed by atoms with Gasteiger partial charge in [-0.15, -0.1) is 0 Å². The minimum atomic E-state index is -4.19. The fourth-order valence-corrected chi connectivity index (χ4v) is 21.4. The molecule has 0 amide bonds. The summed E-state index contributed by atoms with van der Waals surface area (Å²) in [5, 5.41) is 0. The molecule has 0 saturated carbocycles. The lowest BCUT2D eigenvalue weighted by Crippen LogP contribution is -2.36. The molecule has 5 rings (SSSR count). The third-order valence-corrected chi connectivity index (χ3v) is 26.5. The average Bonchev–Trinajstić information content (AvgIpc) is 2.55. The molecule has 20 heteroatoms. The lowest BCUT2D eigenvalue weighted by atomic mass is 10.1. The summed E-state index contributed by atoms with van der Waals surface area (Å²) in [7, 11) is -20.2. The van der Waals surface area contributed by atoms with Gasteiger partial charge < -0.3 is 0 Å². The zero-order chi connectivity index (χ0) is 63.7. The molecule has 0 fully saturated rings. The Balaban J connectivity index is 1.43. The Morgan fingerprint density at radius 1 is 0.259 bits per heavy atom. The number of sulfonamides is 5. The molecule has 85 heavy (non-hydrogen) atoms. The first-order chi connectivity index (χ1) is 39.5. The minimum Gasteiger partial charge on any atom is -0.207 e. The predicted octanol–water partition coefficient (Wildman–Crippen LogP) is 11.8. The first kappa shape index (κ1) is 70.9. The molecule has 5 aromatic rings. The van der Waals surface area contributed by atoms with E-state index in [2.05, 4.69) is 0 Å². The van der Waals surface area contributed by atoms with Crippen LogP contribution in [-0.2, 0) is 50.1 Å². The Morgan fingerprint density at radius 2 is 0.435 bits per heavy atom. The summed E-state index contributed by atoms with van der Waals surface area (Å²) in [5.41, 5.74) is 10.7.